The van der Waals surface area contributed by atoms with E-state index in [9.17, 15) is 14.4 Å². The van der Waals surface area contributed by atoms with E-state index in [1.165, 1.54) is 24.0 Å². The lowest BCUT2D eigenvalue weighted by Crippen LogP contribution is -2.26. The molecule has 0 aliphatic rings. The van der Waals surface area contributed by atoms with E-state index in [2.05, 4.69) is 0 Å². The van der Waals surface area contributed by atoms with E-state index in [1.54, 1.807) is 27.1 Å². The fraction of sp³-hybridized carbons (Fsp3) is 0.400. The SMILES string of the molecule is CCC(Oc1cc(SC(=O)N(C)C)ccc1C(C)=O)C(=O)O. The van der Waals surface area contributed by atoms with Crippen LogP contribution in [0.3, 0.4) is 0 Å². The van der Waals surface area contributed by atoms with Crippen molar-refractivity contribution in [2.24, 2.45) is 0 Å². The van der Waals surface area contributed by atoms with Crippen LogP contribution in [0.1, 0.15) is 30.6 Å². The summed E-state index contributed by atoms with van der Waals surface area (Å²) in [6.45, 7) is 3.06. The highest BCUT2D eigenvalue weighted by molar-refractivity contribution is 8.13. The fourth-order valence-corrected chi connectivity index (χ4v) is 2.29. The van der Waals surface area contributed by atoms with Gasteiger partial charge in [-0.1, -0.05) is 6.92 Å². The number of aliphatic carboxylic acids is 1. The Kier molecular flexibility index (Phi) is 6.42. The fourth-order valence-electron chi connectivity index (χ4n) is 1.61. The van der Waals surface area contributed by atoms with Gasteiger partial charge >= 0.3 is 5.97 Å². The van der Waals surface area contributed by atoms with Crippen LogP contribution >= 0.6 is 11.8 Å². The third kappa shape index (κ3) is 4.77. The Labute approximate surface area is 133 Å². The molecule has 0 spiro atoms. The molecule has 7 heteroatoms. The summed E-state index contributed by atoms with van der Waals surface area (Å²) in [4.78, 5) is 36.5. The number of thioether (sulfide) groups is 1. The predicted molar refractivity (Wildman–Crippen MR) is 83.7 cm³/mol. The normalized spacial score (nSPS) is 11.6. The van der Waals surface area contributed by atoms with Crippen molar-refractivity contribution in [3.05, 3.63) is 23.8 Å². The first-order valence-corrected chi connectivity index (χ1v) is 7.51. The van der Waals surface area contributed by atoms with Crippen LogP contribution in [0, 0.1) is 0 Å². The van der Waals surface area contributed by atoms with Crippen molar-refractivity contribution in [3.8, 4) is 5.75 Å². The van der Waals surface area contributed by atoms with Crippen molar-refractivity contribution in [1.82, 2.24) is 4.90 Å². The minimum Gasteiger partial charge on any atom is -0.479 e. The van der Waals surface area contributed by atoms with Crippen LogP contribution in [0.2, 0.25) is 0 Å². The van der Waals surface area contributed by atoms with Gasteiger partial charge in [-0.05, 0) is 43.3 Å². The molecule has 1 atom stereocenters. The maximum Gasteiger partial charge on any atom is 0.344 e. The molecule has 1 aromatic carbocycles. The Morgan fingerprint density at radius 2 is 1.95 bits per heavy atom. The van der Waals surface area contributed by atoms with Crippen LogP contribution in [0.4, 0.5) is 4.79 Å². The lowest BCUT2D eigenvalue weighted by molar-refractivity contribution is -0.145. The smallest absolute Gasteiger partial charge is 0.344 e. The summed E-state index contributed by atoms with van der Waals surface area (Å²) in [6.07, 6.45) is -0.774. The number of carbonyl (C=O) groups excluding carboxylic acids is 2. The molecule has 1 rings (SSSR count). The molecule has 0 saturated carbocycles. The van der Waals surface area contributed by atoms with Gasteiger partial charge in [0.05, 0.1) is 5.56 Å². The second-order valence-electron chi connectivity index (χ2n) is 4.83. The Balaban J connectivity index is 3.12. The van der Waals surface area contributed by atoms with Gasteiger partial charge in [0.1, 0.15) is 5.75 Å². The monoisotopic (exact) mass is 325 g/mol. The zero-order valence-electron chi connectivity index (χ0n) is 13.0. The maximum absolute atomic E-state index is 11.7. The van der Waals surface area contributed by atoms with Crippen molar-refractivity contribution in [1.29, 1.82) is 0 Å². The lowest BCUT2D eigenvalue weighted by atomic mass is 10.1. The lowest BCUT2D eigenvalue weighted by Gasteiger charge is -2.16. The van der Waals surface area contributed by atoms with Crippen molar-refractivity contribution >= 4 is 28.8 Å². The van der Waals surface area contributed by atoms with Gasteiger partial charge < -0.3 is 14.7 Å². The van der Waals surface area contributed by atoms with E-state index >= 15 is 0 Å². The number of benzene rings is 1. The van der Waals surface area contributed by atoms with Gasteiger partial charge in [0.2, 0.25) is 0 Å². The Morgan fingerprint density at radius 3 is 2.41 bits per heavy atom. The number of carboxylic acid groups (broad SMARTS) is 1. The highest BCUT2D eigenvalue weighted by atomic mass is 32.2. The molecule has 1 aromatic rings. The number of ether oxygens (including phenoxy) is 1. The number of carboxylic acids is 1. The van der Waals surface area contributed by atoms with Crippen molar-refractivity contribution in [2.75, 3.05) is 14.1 Å². The molecule has 22 heavy (non-hydrogen) atoms. The summed E-state index contributed by atoms with van der Waals surface area (Å²) in [6, 6.07) is 4.70. The summed E-state index contributed by atoms with van der Waals surface area (Å²) in [5.74, 6) is -1.15. The highest BCUT2D eigenvalue weighted by Crippen LogP contribution is 2.29. The molecule has 1 N–H and O–H groups in total. The second kappa shape index (κ2) is 7.84. The van der Waals surface area contributed by atoms with E-state index in [-0.39, 0.29) is 23.2 Å². The second-order valence-corrected chi connectivity index (χ2v) is 5.85. The Hall–Kier alpha value is -2.02. The van der Waals surface area contributed by atoms with Gasteiger partial charge in [-0.15, -0.1) is 0 Å². The minimum atomic E-state index is -1.10. The van der Waals surface area contributed by atoms with Gasteiger partial charge in [-0.3, -0.25) is 9.59 Å². The standard InChI is InChI=1S/C15H19NO5S/c1-5-12(14(18)19)21-13-8-10(22-15(20)16(3)4)6-7-11(13)9(2)17/h6-8,12H,5H2,1-4H3,(H,18,19). The molecular formula is C15H19NO5S. The number of amides is 1. The van der Waals surface area contributed by atoms with Crippen LogP contribution in [-0.4, -0.2) is 47.2 Å². The number of Topliss-reactive ketones (excluding diaryl/α,β-unsaturated/α-hetero) is 1. The molecular weight excluding hydrogens is 306 g/mol. The summed E-state index contributed by atoms with van der Waals surface area (Å²) in [5.41, 5.74) is 0.293. The average molecular weight is 325 g/mol. The molecule has 1 unspecified atom stereocenters. The number of ketones is 1. The Bertz CT molecular complexity index is 585. The van der Waals surface area contributed by atoms with Crippen molar-refractivity contribution in [3.63, 3.8) is 0 Å². The van der Waals surface area contributed by atoms with Gasteiger partial charge in [0.15, 0.2) is 11.9 Å². The average Bonchev–Trinajstić information content (AvgIpc) is 2.44. The Morgan fingerprint density at radius 1 is 1.32 bits per heavy atom. The first-order chi connectivity index (χ1) is 10.3. The van der Waals surface area contributed by atoms with Gasteiger partial charge in [-0.25, -0.2) is 4.79 Å². The summed E-state index contributed by atoms with van der Waals surface area (Å²) >= 11 is 0.978. The van der Waals surface area contributed by atoms with Crippen LogP contribution in [0.15, 0.2) is 23.1 Å². The molecule has 0 heterocycles. The van der Waals surface area contributed by atoms with Gasteiger partial charge in [0, 0.05) is 19.0 Å². The number of carbonyl (C=O) groups is 3. The molecule has 0 aromatic heterocycles. The molecule has 0 aliphatic carbocycles. The molecule has 120 valence electrons. The third-order valence-electron chi connectivity index (χ3n) is 2.82. The summed E-state index contributed by atoms with van der Waals surface area (Å²) < 4.78 is 5.44. The number of rotatable bonds is 6. The zero-order valence-corrected chi connectivity index (χ0v) is 13.8. The first kappa shape index (κ1) is 18.0. The van der Waals surface area contributed by atoms with E-state index < -0.39 is 12.1 Å². The molecule has 0 radical (unpaired) electrons. The number of hydrogen-bond donors (Lipinski definition) is 1. The molecule has 6 nitrogen and oxygen atoms in total. The van der Waals surface area contributed by atoms with E-state index in [0.29, 0.717) is 10.5 Å². The van der Waals surface area contributed by atoms with Gasteiger partial charge in [0.25, 0.3) is 5.24 Å². The largest absolute Gasteiger partial charge is 0.479 e. The van der Waals surface area contributed by atoms with Gasteiger partial charge in [-0.2, -0.15) is 0 Å². The van der Waals surface area contributed by atoms with Crippen LogP contribution in [0.5, 0.6) is 5.75 Å². The topological polar surface area (TPSA) is 83.9 Å². The maximum atomic E-state index is 11.7. The van der Waals surface area contributed by atoms with E-state index in [1.807, 2.05) is 0 Å². The van der Waals surface area contributed by atoms with E-state index in [0.717, 1.165) is 11.8 Å². The molecule has 0 saturated heterocycles. The quantitative estimate of drug-likeness (QED) is 0.639. The van der Waals surface area contributed by atoms with Crippen LogP contribution in [-0.2, 0) is 4.79 Å². The first-order valence-electron chi connectivity index (χ1n) is 6.69. The summed E-state index contributed by atoms with van der Waals surface area (Å²) in [5, 5.41) is 8.90. The summed E-state index contributed by atoms with van der Waals surface area (Å²) in [7, 11) is 3.27. The van der Waals surface area contributed by atoms with Crippen molar-refractivity contribution < 1.29 is 24.2 Å². The molecule has 0 aliphatic heterocycles. The van der Waals surface area contributed by atoms with E-state index in [4.69, 9.17) is 9.84 Å². The molecule has 0 bridgehead atoms. The van der Waals surface area contributed by atoms with Crippen molar-refractivity contribution in [2.45, 2.75) is 31.3 Å². The number of nitrogens with zero attached hydrogens (tertiary/aromatic N) is 1. The zero-order chi connectivity index (χ0) is 16.9. The molecule has 0 fully saturated rings. The van der Waals surface area contributed by atoms with Crippen LogP contribution < -0.4 is 4.74 Å². The van der Waals surface area contributed by atoms with Crippen LogP contribution in [0.25, 0.3) is 0 Å². The third-order valence-corrected chi connectivity index (χ3v) is 3.85. The molecule has 1 amide bonds. The highest BCUT2D eigenvalue weighted by Gasteiger charge is 2.20. The minimum absolute atomic E-state index is 0.174. The number of hydrogen-bond acceptors (Lipinski definition) is 5. The predicted octanol–water partition coefficient (Wildman–Crippen LogP) is 2.90.